The highest BCUT2D eigenvalue weighted by Gasteiger charge is 2.13. The number of methoxy groups -OCH3 is 1. The first-order valence-electron chi connectivity index (χ1n) is 9.70. The zero-order valence-electron chi connectivity index (χ0n) is 17.4. The number of amides is 1. The fourth-order valence-corrected chi connectivity index (χ4v) is 4.53. The van der Waals surface area contributed by atoms with E-state index in [2.05, 4.69) is 10.3 Å². The molecule has 8 heteroatoms. The van der Waals surface area contributed by atoms with Gasteiger partial charge in [0.15, 0.2) is 10.6 Å². The summed E-state index contributed by atoms with van der Waals surface area (Å²) in [5, 5.41) is 2.68. The monoisotopic (exact) mass is 461 g/mol. The van der Waals surface area contributed by atoms with Gasteiger partial charge in [-0.05, 0) is 36.5 Å². The predicted molar refractivity (Wildman–Crippen MR) is 129 cm³/mol. The maximum Gasteiger partial charge on any atom is 0.257 e. The van der Waals surface area contributed by atoms with Gasteiger partial charge < -0.3 is 9.30 Å². The van der Waals surface area contributed by atoms with Crippen LogP contribution in [0.3, 0.4) is 0 Å². The molecular weight excluding hydrogens is 442 g/mol. The summed E-state index contributed by atoms with van der Waals surface area (Å²) >= 11 is 6.73. The molecule has 4 rings (SSSR count). The van der Waals surface area contributed by atoms with E-state index in [-0.39, 0.29) is 16.8 Å². The Labute approximate surface area is 193 Å². The standard InChI is InChI=1S/C24H19N3O3S2/c1-27-20-18(30-2)9-6-10-19(20)32-24(27)26-23(31)25-22(29)17-13-11-16(12-14-17)21(28)15-7-4-3-5-8-15/h3-14H,1-2H3,(H,25,29,31)/b26-24+. The molecule has 4 aromatic rings. The largest absolute Gasteiger partial charge is 0.495 e. The van der Waals surface area contributed by atoms with E-state index < -0.39 is 0 Å². The second-order valence-electron chi connectivity index (χ2n) is 6.89. The third kappa shape index (κ3) is 4.37. The normalized spacial score (nSPS) is 11.4. The SMILES string of the molecule is COc1cccc2s/c(=N/C(=S)NC(=O)c3ccc(C(=O)c4ccccc4)cc3)n(C)c12. The summed E-state index contributed by atoms with van der Waals surface area (Å²) in [4.78, 5) is 30.1. The Morgan fingerprint density at radius 3 is 2.28 bits per heavy atom. The molecular formula is C24H19N3O3S2. The summed E-state index contributed by atoms with van der Waals surface area (Å²) in [5.74, 6) is 0.248. The van der Waals surface area contributed by atoms with Gasteiger partial charge in [0.05, 0.1) is 11.8 Å². The molecule has 0 aliphatic rings. The number of fused-ring (bicyclic) bond motifs is 1. The first kappa shape index (κ1) is 21.6. The Kier molecular flexibility index (Phi) is 6.25. The van der Waals surface area contributed by atoms with E-state index in [0.717, 1.165) is 16.0 Å². The molecule has 0 fully saturated rings. The van der Waals surface area contributed by atoms with Crippen LogP contribution >= 0.6 is 23.6 Å². The van der Waals surface area contributed by atoms with Crippen molar-refractivity contribution in [2.24, 2.45) is 12.0 Å². The van der Waals surface area contributed by atoms with Crippen LogP contribution in [0.25, 0.3) is 10.2 Å². The Morgan fingerprint density at radius 2 is 1.59 bits per heavy atom. The number of carbonyl (C=O) groups is 2. The molecule has 0 saturated heterocycles. The van der Waals surface area contributed by atoms with Crippen LogP contribution < -0.4 is 14.9 Å². The van der Waals surface area contributed by atoms with E-state index in [9.17, 15) is 9.59 Å². The molecule has 0 spiro atoms. The summed E-state index contributed by atoms with van der Waals surface area (Å²) < 4.78 is 8.30. The minimum absolute atomic E-state index is 0.0561. The number of hydrogen-bond donors (Lipinski definition) is 1. The number of carbonyl (C=O) groups excluding carboxylic acids is 2. The molecule has 0 bridgehead atoms. The van der Waals surface area contributed by atoms with Crippen LogP contribution in [-0.4, -0.2) is 28.5 Å². The highest BCUT2D eigenvalue weighted by atomic mass is 32.1. The maximum absolute atomic E-state index is 12.6. The first-order chi connectivity index (χ1) is 15.5. The van der Waals surface area contributed by atoms with Crippen LogP contribution in [0.1, 0.15) is 26.3 Å². The van der Waals surface area contributed by atoms with E-state index in [1.54, 1.807) is 43.5 Å². The molecule has 160 valence electrons. The predicted octanol–water partition coefficient (Wildman–Crippen LogP) is 4.10. The van der Waals surface area contributed by atoms with Crippen molar-refractivity contribution in [1.82, 2.24) is 9.88 Å². The topological polar surface area (TPSA) is 72.7 Å². The van der Waals surface area contributed by atoms with Crippen molar-refractivity contribution < 1.29 is 14.3 Å². The Balaban J connectivity index is 1.51. The molecule has 0 radical (unpaired) electrons. The average molecular weight is 462 g/mol. The van der Waals surface area contributed by atoms with Crippen LogP contribution in [0.4, 0.5) is 0 Å². The number of thiocarbonyl (C=S) groups is 1. The third-order valence-electron chi connectivity index (χ3n) is 4.87. The van der Waals surface area contributed by atoms with Gasteiger partial charge in [0.2, 0.25) is 5.11 Å². The van der Waals surface area contributed by atoms with Crippen molar-refractivity contribution in [3.05, 3.63) is 94.3 Å². The molecule has 0 aliphatic carbocycles. The van der Waals surface area contributed by atoms with Gasteiger partial charge >= 0.3 is 0 Å². The zero-order chi connectivity index (χ0) is 22.7. The highest BCUT2D eigenvalue weighted by Crippen LogP contribution is 2.26. The lowest BCUT2D eigenvalue weighted by atomic mass is 10.0. The minimum Gasteiger partial charge on any atom is -0.495 e. The molecule has 3 aromatic carbocycles. The number of para-hydroxylation sites is 1. The van der Waals surface area contributed by atoms with Gasteiger partial charge in [-0.15, -0.1) is 0 Å². The summed E-state index contributed by atoms with van der Waals surface area (Å²) in [6.07, 6.45) is 0. The van der Waals surface area contributed by atoms with Crippen LogP contribution in [0.15, 0.2) is 77.8 Å². The van der Waals surface area contributed by atoms with Gasteiger partial charge in [0, 0.05) is 23.7 Å². The fourth-order valence-electron chi connectivity index (χ4n) is 3.25. The molecule has 0 aliphatic heterocycles. The lowest BCUT2D eigenvalue weighted by molar-refractivity contribution is 0.0975. The van der Waals surface area contributed by atoms with Crippen molar-refractivity contribution >= 4 is 50.6 Å². The molecule has 0 unspecified atom stereocenters. The molecule has 1 amide bonds. The highest BCUT2D eigenvalue weighted by molar-refractivity contribution is 7.80. The van der Waals surface area contributed by atoms with Crippen LogP contribution in [0.5, 0.6) is 5.75 Å². The second-order valence-corrected chi connectivity index (χ2v) is 8.29. The van der Waals surface area contributed by atoms with Crippen LogP contribution in [0, 0.1) is 0 Å². The number of thiazole rings is 1. The zero-order valence-corrected chi connectivity index (χ0v) is 19.0. The van der Waals surface area contributed by atoms with Crippen LogP contribution in [0.2, 0.25) is 0 Å². The molecule has 0 saturated carbocycles. The third-order valence-corrected chi connectivity index (χ3v) is 6.16. The lowest BCUT2D eigenvalue weighted by Crippen LogP contribution is -2.29. The number of benzene rings is 3. The molecule has 0 atom stereocenters. The summed E-state index contributed by atoms with van der Waals surface area (Å²) in [6, 6.07) is 21.2. The van der Waals surface area contributed by atoms with Gasteiger partial charge in [-0.25, -0.2) is 0 Å². The van der Waals surface area contributed by atoms with Crippen molar-refractivity contribution in [1.29, 1.82) is 0 Å². The Hall–Kier alpha value is -3.62. The van der Waals surface area contributed by atoms with E-state index in [1.165, 1.54) is 11.3 Å². The summed E-state index contributed by atoms with van der Waals surface area (Å²) in [6.45, 7) is 0. The van der Waals surface area contributed by atoms with Crippen molar-refractivity contribution in [2.75, 3.05) is 7.11 Å². The first-order valence-corrected chi connectivity index (χ1v) is 10.9. The van der Waals surface area contributed by atoms with Gasteiger partial charge in [-0.2, -0.15) is 4.99 Å². The number of nitrogens with one attached hydrogen (secondary N) is 1. The fraction of sp³-hybridized carbons (Fsp3) is 0.0833. The van der Waals surface area contributed by atoms with Gasteiger partial charge in [0.25, 0.3) is 5.91 Å². The Morgan fingerprint density at radius 1 is 0.938 bits per heavy atom. The van der Waals surface area contributed by atoms with E-state index in [0.29, 0.717) is 21.5 Å². The van der Waals surface area contributed by atoms with Gasteiger partial charge in [-0.3, -0.25) is 14.9 Å². The van der Waals surface area contributed by atoms with Crippen LogP contribution in [-0.2, 0) is 7.05 Å². The molecule has 32 heavy (non-hydrogen) atoms. The molecule has 1 N–H and O–H groups in total. The molecule has 1 aromatic heterocycles. The number of ketones is 1. The Bertz CT molecular complexity index is 1390. The quantitative estimate of drug-likeness (QED) is 0.367. The maximum atomic E-state index is 12.6. The average Bonchev–Trinajstić information content (AvgIpc) is 3.14. The van der Waals surface area contributed by atoms with E-state index in [1.807, 2.05) is 48.0 Å². The van der Waals surface area contributed by atoms with E-state index in [4.69, 9.17) is 17.0 Å². The number of nitrogens with zero attached hydrogens (tertiary/aromatic N) is 2. The molecule has 1 heterocycles. The van der Waals surface area contributed by atoms with Gasteiger partial charge in [-0.1, -0.05) is 59.9 Å². The number of aryl methyl sites for hydroxylation is 1. The van der Waals surface area contributed by atoms with Crippen molar-refractivity contribution in [3.63, 3.8) is 0 Å². The number of hydrogen-bond acceptors (Lipinski definition) is 5. The lowest BCUT2D eigenvalue weighted by Gasteiger charge is -2.05. The second kappa shape index (κ2) is 9.25. The number of rotatable bonds is 4. The number of aromatic nitrogens is 1. The van der Waals surface area contributed by atoms with Gasteiger partial charge in [0.1, 0.15) is 11.3 Å². The smallest absolute Gasteiger partial charge is 0.257 e. The molecule has 6 nitrogen and oxygen atoms in total. The minimum atomic E-state index is -0.390. The summed E-state index contributed by atoms with van der Waals surface area (Å²) in [7, 11) is 3.49. The number of ether oxygens (including phenoxy) is 1. The summed E-state index contributed by atoms with van der Waals surface area (Å²) in [5.41, 5.74) is 2.39. The van der Waals surface area contributed by atoms with Crippen molar-refractivity contribution in [2.45, 2.75) is 0 Å². The van der Waals surface area contributed by atoms with Crippen molar-refractivity contribution in [3.8, 4) is 5.75 Å². The van der Waals surface area contributed by atoms with E-state index >= 15 is 0 Å².